The molecule has 0 saturated carbocycles. The van der Waals surface area contributed by atoms with Crippen LogP contribution >= 0.6 is 34.8 Å². The quantitative estimate of drug-likeness (QED) is 0.509. The maximum absolute atomic E-state index is 11.7. The Kier molecular flexibility index (Phi) is 5.51. The summed E-state index contributed by atoms with van der Waals surface area (Å²) >= 11 is 18.4. The predicted octanol–water partition coefficient (Wildman–Crippen LogP) is 3.41. The van der Waals surface area contributed by atoms with Gasteiger partial charge in [-0.2, -0.15) is 0 Å². The van der Waals surface area contributed by atoms with E-state index in [1.807, 2.05) is 5.94 Å². The minimum atomic E-state index is -1.14. The van der Waals surface area contributed by atoms with Gasteiger partial charge in [0.05, 0.1) is 21.2 Å². The molecule has 2 unspecified atom stereocenters. The fourth-order valence-electron chi connectivity index (χ4n) is 3.21. The van der Waals surface area contributed by atoms with Crippen LogP contribution in [0.15, 0.2) is 17.7 Å². The van der Waals surface area contributed by atoms with Gasteiger partial charge >= 0.3 is 5.97 Å². The highest BCUT2D eigenvalue weighted by Crippen LogP contribution is 2.41. The zero-order valence-electron chi connectivity index (χ0n) is 14.1. The third-order valence-electron chi connectivity index (χ3n) is 4.56. The van der Waals surface area contributed by atoms with Crippen LogP contribution in [-0.2, 0) is 4.79 Å². The number of carboxylic acid groups (broad SMARTS) is 1. The number of pyridine rings is 1. The first kappa shape index (κ1) is 19.7. The molecule has 1 fully saturated rings. The number of nitrogens with one attached hydrogen (secondary N) is 1. The SMILES string of the molecule is Cc1[nH]c(C2CCN(c3cc(C(=O)O)cc(Cl)n3)C(N)C2=C=O)c(Cl)c1Cl. The second-order valence-electron chi connectivity index (χ2n) is 6.17. The number of H-pyrrole nitrogens is 1. The van der Waals surface area contributed by atoms with E-state index in [0.29, 0.717) is 34.4 Å². The van der Waals surface area contributed by atoms with Gasteiger partial charge in [0.25, 0.3) is 0 Å². The van der Waals surface area contributed by atoms with Crippen molar-refractivity contribution in [1.82, 2.24) is 9.97 Å². The summed E-state index contributed by atoms with van der Waals surface area (Å²) in [5.74, 6) is 0.656. The Morgan fingerprint density at radius 1 is 1.37 bits per heavy atom. The molecule has 2 aromatic rings. The standard InChI is InChI=1S/C17H15Cl3N4O3/c1-7-13(19)14(20)15(22-7)9-2-3-24(16(21)10(9)6-25)12-5-8(17(26)27)4-11(18)23-12/h4-5,9,16,22H,2-3,21H2,1H3,(H,26,27). The molecule has 0 amide bonds. The summed E-state index contributed by atoms with van der Waals surface area (Å²) in [5.41, 5.74) is 7.82. The number of anilines is 1. The van der Waals surface area contributed by atoms with Gasteiger partial charge in [0.2, 0.25) is 0 Å². The molecule has 2 atom stereocenters. The van der Waals surface area contributed by atoms with Crippen LogP contribution in [0.5, 0.6) is 0 Å². The van der Waals surface area contributed by atoms with Crippen LogP contribution in [0, 0.1) is 6.92 Å². The molecule has 27 heavy (non-hydrogen) atoms. The number of nitrogens with zero attached hydrogens (tertiary/aromatic N) is 2. The zero-order valence-corrected chi connectivity index (χ0v) is 16.4. The molecule has 0 radical (unpaired) electrons. The molecule has 0 spiro atoms. The van der Waals surface area contributed by atoms with Crippen molar-refractivity contribution < 1.29 is 14.7 Å². The van der Waals surface area contributed by atoms with Crippen LogP contribution in [0.25, 0.3) is 0 Å². The number of hydrogen-bond donors (Lipinski definition) is 3. The molecule has 7 nitrogen and oxygen atoms in total. The molecule has 1 aliphatic rings. The van der Waals surface area contributed by atoms with E-state index in [0.717, 1.165) is 0 Å². The lowest BCUT2D eigenvalue weighted by molar-refractivity contribution is 0.0696. The number of aromatic amines is 1. The van der Waals surface area contributed by atoms with E-state index in [9.17, 15) is 14.7 Å². The smallest absolute Gasteiger partial charge is 0.335 e. The van der Waals surface area contributed by atoms with E-state index in [1.165, 1.54) is 12.1 Å². The van der Waals surface area contributed by atoms with E-state index in [4.69, 9.17) is 40.5 Å². The van der Waals surface area contributed by atoms with Crippen LogP contribution in [-0.4, -0.2) is 39.7 Å². The fraction of sp³-hybridized carbons (Fsp3) is 0.294. The number of hydrogen-bond acceptors (Lipinski definition) is 5. The Morgan fingerprint density at radius 2 is 2.07 bits per heavy atom. The first-order chi connectivity index (χ1) is 12.7. The molecular formula is C17H15Cl3N4O3. The molecule has 0 aromatic carbocycles. The highest BCUT2D eigenvalue weighted by molar-refractivity contribution is 6.43. The van der Waals surface area contributed by atoms with Crippen LogP contribution < -0.4 is 10.6 Å². The van der Waals surface area contributed by atoms with Crippen molar-refractivity contribution in [2.45, 2.75) is 25.4 Å². The van der Waals surface area contributed by atoms with Gasteiger partial charge < -0.3 is 20.7 Å². The normalized spacial score (nSPS) is 19.9. The first-order valence-corrected chi connectivity index (χ1v) is 9.09. The van der Waals surface area contributed by atoms with Crippen molar-refractivity contribution in [3.63, 3.8) is 0 Å². The lowest BCUT2D eigenvalue weighted by Crippen LogP contribution is -2.50. The van der Waals surface area contributed by atoms with Gasteiger partial charge in [-0.15, -0.1) is 0 Å². The molecule has 3 heterocycles. The van der Waals surface area contributed by atoms with Crippen molar-refractivity contribution in [2.24, 2.45) is 5.73 Å². The Balaban J connectivity index is 1.98. The molecule has 0 bridgehead atoms. The number of aryl methyl sites for hydroxylation is 1. The number of aromatic carboxylic acids is 1. The van der Waals surface area contributed by atoms with E-state index >= 15 is 0 Å². The van der Waals surface area contributed by atoms with Crippen molar-refractivity contribution in [3.8, 4) is 0 Å². The highest BCUT2D eigenvalue weighted by Gasteiger charge is 2.36. The summed E-state index contributed by atoms with van der Waals surface area (Å²) < 4.78 is 0. The lowest BCUT2D eigenvalue weighted by atomic mass is 9.87. The van der Waals surface area contributed by atoms with E-state index < -0.39 is 12.1 Å². The summed E-state index contributed by atoms with van der Waals surface area (Å²) in [5, 5.41) is 9.98. The van der Waals surface area contributed by atoms with Gasteiger partial charge in [-0.25, -0.2) is 14.6 Å². The number of halogens is 3. The lowest BCUT2D eigenvalue weighted by Gasteiger charge is -2.38. The molecule has 1 aliphatic heterocycles. The second-order valence-corrected chi connectivity index (χ2v) is 7.31. The van der Waals surface area contributed by atoms with Crippen molar-refractivity contribution in [2.75, 3.05) is 11.4 Å². The van der Waals surface area contributed by atoms with Gasteiger partial charge in [0, 0.05) is 23.9 Å². The van der Waals surface area contributed by atoms with Gasteiger partial charge in [-0.3, -0.25) is 0 Å². The van der Waals surface area contributed by atoms with Gasteiger partial charge in [-0.05, 0) is 25.5 Å². The first-order valence-electron chi connectivity index (χ1n) is 7.96. The van der Waals surface area contributed by atoms with Crippen LogP contribution in [0.3, 0.4) is 0 Å². The average Bonchev–Trinajstić information content (AvgIpc) is 2.88. The summed E-state index contributed by atoms with van der Waals surface area (Å²) in [6.45, 7) is 2.18. The molecular weight excluding hydrogens is 415 g/mol. The fourth-order valence-corrected chi connectivity index (χ4v) is 3.89. The zero-order chi connectivity index (χ0) is 19.9. The molecule has 2 aromatic heterocycles. The summed E-state index contributed by atoms with van der Waals surface area (Å²) in [6.07, 6.45) is -0.391. The number of aromatic nitrogens is 2. The average molecular weight is 430 g/mol. The largest absolute Gasteiger partial charge is 0.478 e. The van der Waals surface area contributed by atoms with Gasteiger partial charge in [0.15, 0.2) is 0 Å². The molecule has 3 rings (SSSR count). The number of carbonyl (C=O) groups excluding carboxylic acids is 1. The number of nitrogens with two attached hydrogens (primary N) is 1. The van der Waals surface area contributed by atoms with Gasteiger partial charge in [0.1, 0.15) is 23.1 Å². The van der Waals surface area contributed by atoms with E-state index in [2.05, 4.69) is 9.97 Å². The van der Waals surface area contributed by atoms with Crippen LogP contribution in [0.1, 0.15) is 34.1 Å². The monoisotopic (exact) mass is 428 g/mol. The number of rotatable bonds is 3. The minimum Gasteiger partial charge on any atom is -0.478 e. The molecule has 10 heteroatoms. The Bertz CT molecular complexity index is 969. The van der Waals surface area contributed by atoms with Gasteiger partial charge in [-0.1, -0.05) is 34.8 Å². The Morgan fingerprint density at radius 3 is 2.63 bits per heavy atom. The third kappa shape index (κ3) is 3.57. The Hall–Kier alpha value is -2.02. The number of piperidine rings is 1. The maximum Gasteiger partial charge on any atom is 0.335 e. The summed E-state index contributed by atoms with van der Waals surface area (Å²) in [7, 11) is 0. The number of carbonyl (C=O) groups is 1. The molecule has 4 N–H and O–H groups in total. The Labute approximate surface area is 169 Å². The van der Waals surface area contributed by atoms with Crippen molar-refractivity contribution in [1.29, 1.82) is 0 Å². The van der Waals surface area contributed by atoms with Crippen LogP contribution in [0.4, 0.5) is 5.82 Å². The minimum absolute atomic E-state index is 0.0191. The molecule has 142 valence electrons. The molecule has 1 saturated heterocycles. The van der Waals surface area contributed by atoms with Crippen LogP contribution in [0.2, 0.25) is 15.2 Å². The predicted molar refractivity (Wildman–Crippen MR) is 104 cm³/mol. The second kappa shape index (κ2) is 7.54. The van der Waals surface area contributed by atoms with Crippen molar-refractivity contribution in [3.05, 3.63) is 49.9 Å². The highest BCUT2D eigenvalue weighted by atomic mass is 35.5. The summed E-state index contributed by atoms with van der Waals surface area (Å²) in [4.78, 5) is 31.8. The van der Waals surface area contributed by atoms with E-state index in [1.54, 1.807) is 11.8 Å². The van der Waals surface area contributed by atoms with E-state index in [-0.39, 0.29) is 28.0 Å². The third-order valence-corrected chi connectivity index (χ3v) is 5.71. The molecule has 0 aliphatic carbocycles. The number of carboxylic acids is 1. The maximum atomic E-state index is 11.7. The topological polar surface area (TPSA) is 112 Å². The van der Waals surface area contributed by atoms with Crippen molar-refractivity contribution >= 4 is 52.5 Å². The summed E-state index contributed by atoms with van der Waals surface area (Å²) in [6, 6.07) is 2.60.